The molecule has 2 unspecified atom stereocenters. The van der Waals surface area contributed by atoms with Crippen molar-refractivity contribution in [3.63, 3.8) is 0 Å². The van der Waals surface area contributed by atoms with Crippen LogP contribution in [0.15, 0.2) is 18.2 Å². The summed E-state index contributed by atoms with van der Waals surface area (Å²) in [5.74, 6) is 7.04. The second kappa shape index (κ2) is 8.25. The highest BCUT2D eigenvalue weighted by Gasteiger charge is 2.25. The summed E-state index contributed by atoms with van der Waals surface area (Å²) in [5.41, 5.74) is 5.28. The van der Waals surface area contributed by atoms with E-state index in [4.69, 9.17) is 15.3 Å². The largest absolute Gasteiger partial charge is 0.496 e. The van der Waals surface area contributed by atoms with Crippen molar-refractivity contribution < 1.29 is 9.47 Å². The SMILES string of the molecule is CCOC(C(C)C)C(Cc1cc(C)ccc1OC)NN. The topological polar surface area (TPSA) is 56.5 Å². The van der Waals surface area contributed by atoms with E-state index in [9.17, 15) is 0 Å². The van der Waals surface area contributed by atoms with E-state index < -0.39 is 0 Å². The molecule has 0 saturated carbocycles. The molecule has 4 nitrogen and oxygen atoms in total. The van der Waals surface area contributed by atoms with Crippen molar-refractivity contribution >= 4 is 0 Å². The number of hydrogen-bond acceptors (Lipinski definition) is 4. The van der Waals surface area contributed by atoms with E-state index in [0.29, 0.717) is 12.5 Å². The number of hydrazine groups is 1. The van der Waals surface area contributed by atoms with Crippen LogP contribution in [0.4, 0.5) is 0 Å². The quantitative estimate of drug-likeness (QED) is 0.567. The van der Waals surface area contributed by atoms with Gasteiger partial charge in [0.2, 0.25) is 0 Å². The van der Waals surface area contributed by atoms with Crippen molar-refractivity contribution in [2.24, 2.45) is 11.8 Å². The molecule has 3 N–H and O–H groups in total. The van der Waals surface area contributed by atoms with E-state index in [-0.39, 0.29) is 12.1 Å². The van der Waals surface area contributed by atoms with E-state index in [1.807, 2.05) is 13.0 Å². The van der Waals surface area contributed by atoms with Gasteiger partial charge in [-0.25, -0.2) is 0 Å². The molecule has 0 amide bonds. The molecule has 0 fully saturated rings. The summed E-state index contributed by atoms with van der Waals surface area (Å²) in [4.78, 5) is 0. The lowest BCUT2D eigenvalue weighted by Crippen LogP contribution is -2.49. The number of nitrogens with one attached hydrogen (secondary N) is 1. The van der Waals surface area contributed by atoms with E-state index in [2.05, 4.69) is 38.3 Å². The lowest BCUT2D eigenvalue weighted by Gasteiger charge is -2.30. The van der Waals surface area contributed by atoms with Gasteiger partial charge in [-0.15, -0.1) is 0 Å². The van der Waals surface area contributed by atoms with Crippen molar-refractivity contribution in [3.05, 3.63) is 29.3 Å². The third-order valence-electron chi connectivity index (χ3n) is 3.50. The first kappa shape index (κ1) is 17.0. The number of ether oxygens (including phenoxy) is 2. The highest BCUT2D eigenvalue weighted by Crippen LogP contribution is 2.23. The number of rotatable bonds is 8. The van der Waals surface area contributed by atoms with Crippen LogP contribution in [0.2, 0.25) is 0 Å². The van der Waals surface area contributed by atoms with Crippen molar-refractivity contribution in [1.82, 2.24) is 5.43 Å². The molecule has 0 heterocycles. The Labute approximate surface area is 122 Å². The Morgan fingerprint density at radius 1 is 1.30 bits per heavy atom. The second-order valence-corrected chi connectivity index (χ2v) is 5.46. The predicted molar refractivity (Wildman–Crippen MR) is 82.8 cm³/mol. The van der Waals surface area contributed by atoms with Gasteiger partial charge in [0.05, 0.1) is 19.3 Å². The van der Waals surface area contributed by atoms with Gasteiger partial charge in [0, 0.05) is 6.61 Å². The molecule has 0 aliphatic carbocycles. The molecular weight excluding hydrogens is 252 g/mol. The zero-order chi connectivity index (χ0) is 15.1. The molecule has 0 saturated heterocycles. The molecule has 0 aliphatic rings. The van der Waals surface area contributed by atoms with Crippen molar-refractivity contribution in [2.45, 2.75) is 46.3 Å². The van der Waals surface area contributed by atoms with Gasteiger partial charge in [0.1, 0.15) is 5.75 Å². The van der Waals surface area contributed by atoms with Crippen molar-refractivity contribution in [2.75, 3.05) is 13.7 Å². The van der Waals surface area contributed by atoms with Gasteiger partial charge in [-0.1, -0.05) is 31.5 Å². The summed E-state index contributed by atoms with van der Waals surface area (Å²) in [7, 11) is 1.70. The Morgan fingerprint density at radius 3 is 2.50 bits per heavy atom. The predicted octanol–water partition coefficient (Wildman–Crippen LogP) is 2.44. The molecule has 1 aromatic carbocycles. The van der Waals surface area contributed by atoms with Gasteiger partial charge in [-0.05, 0) is 37.8 Å². The van der Waals surface area contributed by atoms with Gasteiger partial charge in [0.15, 0.2) is 0 Å². The smallest absolute Gasteiger partial charge is 0.122 e. The van der Waals surface area contributed by atoms with Gasteiger partial charge < -0.3 is 9.47 Å². The van der Waals surface area contributed by atoms with Crippen molar-refractivity contribution in [1.29, 1.82) is 0 Å². The summed E-state index contributed by atoms with van der Waals surface area (Å²) in [6, 6.07) is 6.26. The third kappa shape index (κ3) is 4.47. The van der Waals surface area contributed by atoms with Crippen LogP contribution in [0.1, 0.15) is 31.9 Å². The first-order valence-corrected chi connectivity index (χ1v) is 7.24. The molecule has 20 heavy (non-hydrogen) atoms. The monoisotopic (exact) mass is 280 g/mol. The molecule has 0 radical (unpaired) electrons. The minimum Gasteiger partial charge on any atom is -0.496 e. The van der Waals surface area contributed by atoms with E-state index in [1.54, 1.807) is 7.11 Å². The Balaban J connectivity index is 2.94. The van der Waals surface area contributed by atoms with Crippen LogP contribution in [0.25, 0.3) is 0 Å². The standard InChI is InChI=1S/C16H28N2O2/c1-6-20-16(11(2)3)14(18-17)10-13-9-12(4)7-8-15(13)19-5/h7-9,11,14,16,18H,6,10,17H2,1-5H3. The fraction of sp³-hybridized carbons (Fsp3) is 0.625. The van der Waals surface area contributed by atoms with Gasteiger partial charge in [-0.3, -0.25) is 11.3 Å². The zero-order valence-electron chi connectivity index (χ0n) is 13.3. The Bertz CT molecular complexity index is 407. The zero-order valence-corrected chi connectivity index (χ0v) is 13.3. The fourth-order valence-electron chi connectivity index (χ4n) is 2.54. The summed E-state index contributed by atoms with van der Waals surface area (Å²) in [6.45, 7) is 9.08. The highest BCUT2D eigenvalue weighted by molar-refractivity contribution is 5.37. The van der Waals surface area contributed by atoms with Crippen LogP contribution >= 0.6 is 0 Å². The minimum absolute atomic E-state index is 0.0608. The van der Waals surface area contributed by atoms with E-state index >= 15 is 0 Å². The van der Waals surface area contributed by atoms with Crippen molar-refractivity contribution in [3.8, 4) is 5.75 Å². The average Bonchev–Trinajstić information content (AvgIpc) is 2.42. The molecule has 114 valence electrons. The minimum atomic E-state index is 0.0608. The van der Waals surface area contributed by atoms with Crippen LogP contribution in [0.3, 0.4) is 0 Å². The lowest BCUT2D eigenvalue weighted by molar-refractivity contribution is 0.00345. The molecule has 4 heteroatoms. The van der Waals surface area contributed by atoms with Crippen LogP contribution in [-0.2, 0) is 11.2 Å². The second-order valence-electron chi connectivity index (χ2n) is 5.46. The maximum absolute atomic E-state index is 5.85. The molecule has 0 aliphatic heterocycles. The molecule has 1 aromatic rings. The summed E-state index contributed by atoms with van der Waals surface area (Å²) >= 11 is 0. The maximum Gasteiger partial charge on any atom is 0.122 e. The van der Waals surface area contributed by atoms with Gasteiger partial charge in [-0.2, -0.15) is 0 Å². The number of nitrogens with two attached hydrogens (primary N) is 1. The van der Waals surface area contributed by atoms with Crippen LogP contribution in [-0.4, -0.2) is 25.9 Å². The van der Waals surface area contributed by atoms with E-state index in [0.717, 1.165) is 17.7 Å². The molecule has 0 bridgehead atoms. The lowest BCUT2D eigenvalue weighted by atomic mass is 9.93. The molecule has 2 atom stereocenters. The number of hydrogen-bond donors (Lipinski definition) is 2. The number of aryl methyl sites for hydroxylation is 1. The van der Waals surface area contributed by atoms with Gasteiger partial charge in [0.25, 0.3) is 0 Å². The Morgan fingerprint density at radius 2 is 2.00 bits per heavy atom. The summed E-state index contributed by atoms with van der Waals surface area (Å²) < 4.78 is 11.3. The van der Waals surface area contributed by atoms with E-state index in [1.165, 1.54) is 5.56 Å². The molecular formula is C16H28N2O2. The number of benzene rings is 1. The first-order valence-electron chi connectivity index (χ1n) is 7.24. The normalized spacial score (nSPS) is 14.3. The number of methoxy groups -OCH3 is 1. The van der Waals surface area contributed by atoms with Crippen LogP contribution < -0.4 is 16.0 Å². The molecule has 0 spiro atoms. The first-order chi connectivity index (χ1) is 9.53. The maximum atomic E-state index is 5.85. The third-order valence-corrected chi connectivity index (χ3v) is 3.50. The summed E-state index contributed by atoms with van der Waals surface area (Å²) in [6.07, 6.45) is 0.861. The highest BCUT2D eigenvalue weighted by atomic mass is 16.5. The Hall–Kier alpha value is -1.10. The fourth-order valence-corrected chi connectivity index (χ4v) is 2.54. The van der Waals surface area contributed by atoms with Gasteiger partial charge >= 0.3 is 0 Å². The molecule has 0 aromatic heterocycles. The Kier molecular flexibility index (Phi) is 6.99. The van der Waals surface area contributed by atoms with Crippen LogP contribution in [0, 0.1) is 12.8 Å². The summed E-state index contributed by atoms with van der Waals surface area (Å²) in [5, 5.41) is 0. The molecule has 1 rings (SSSR count). The average molecular weight is 280 g/mol. The van der Waals surface area contributed by atoms with Crippen LogP contribution in [0.5, 0.6) is 5.75 Å².